The van der Waals surface area contributed by atoms with Gasteiger partial charge in [-0.25, -0.2) is 9.97 Å². The average molecular weight is 353 g/mol. The van der Waals surface area contributed by atoms with Gasteiger partial charge in [-0.3, -0.25) is 14.5 Å². The van der Waals surface area contributed by atoms with Crippen molar-refractivity contribution < 1.29 is 9.59 Å². The average Bonchev–Trinajstić information content (AvgIpc) is 2.55. The molecule has 0 saturated carbocycles. The summed E-state index contributed by atoms with van der Waals surface area (Å²) in [6.45, 7) is 5.47. The van der Waals surface area contributed by atoms with Gasteiger partial charge in [-0.05, 0) is 33.0 Å². The van der Waals surface area contributed by atoms with Crippen molar-refractivity contribution in [2.75, 3.05) is 36.9 Å². The molecular weight excluding hydrogens is 330 g/mol. The molecule has 1 N–H and O–H groups in total. The minimum Gasteiger partial charge on any atom is -0.353 e. The molecule has 26 heavy (non-hydrogen) atoms. The molecule has 136 valence electrons. The molecule has 1 aliphatic rings. The van der Waals surface area contributed by atoms with Crippen LogP contribution in [0.5, 0.6) is 0 Å². The maximum atomic E-state index is 12.3. The van der Waals surface area contributed by atoms with Crippen LogP contribution >= 0.6 is 0 Å². The van der Waals surface area contributed by atoms with Crippen molar-refractivity contribution in [3.05, 3.63) is 47.9 Å². The molecule has 0 atom stereocenters. The Morgan fingerprint density at radius 2 is 2.12 bits per heavy atom. The standard InChI is InChI=1S/C19H23N5O2/c1-13-8-20-12-21-19(13)24-9-17(10-24)23(3)11-18(26)22-16-6-4-5-15(7-16)14(2)25/h4-8,12,17H,9-11H2,1-3H3,(H,22,26). The quantitative estimate of drug-likeness (QED) is 0.797. The van der Waals surface area contributed by atoms with E-state index in [9.17, 15) is 9.59 Å². The highest BCUT2D eigenvalue weighted by Gasteiger charge is 2.32. The van der Waals surface area contributed by atoms with E-state index in [0.717, 1.165) is 24.5 Å². The van der Waals surface area contributed by atoms with Gasteiger partial charge in [0, 0.05) is 42.1 Å². The van der Waals surface area contributed by atoms with Gasteiger partial charge in [0.15, 0.2) is 5.78 Å². The number of likely N-dealkylation sites (N-methyl/N-ethyl adjacent to an activating group) is 1. The number of nitrogens with zero attached hydrogens (tertiary/aromatic N) is 4. The van der Waals surface area contributed by atoms with Crippen LogP contribution in [0.15, 0.2) is 36.8 Å². The lowest BCUT2D eigenvalue weighted by Gasteiger charge is -2.44. The third-order valence-corrected chi connectivity index (χ3v) is 4.60. The first-order chi connectivity index (χ1) is 12.4. The third kappa shape index (κ3) is 4.05. The zero-order valence-electron chi connectivity index (χ0n) is 15.3. The summed E-state index contributed by atoms with van der Waals surface area (Å²) in [5.41, 5.74) is 2.28. The number of rotatable bonds is 6. The molecule has 3 rings (SSSR count). The van der Waals surface area contributed by atoms with Gasteiger partial charge in [0.2, 0.25) is 5.91 Å². The smallest absolute Gasteiger partial charge is 0.238 e. The van der Waals surface area contributed by atoms with E-state index in [-0.39, 0.29) is 11.7 Å². The molecule has 0 bridgehead atoms. The number of carbonyl (C=O) groups excluding carboxylic acids is 2. The van der Waals surface area contributed by atoms with Crippen LogP contribution in [0, 0.1) is 6.92 Å². The summed E-state index contributed by atoms with van der Waals surface area (Å²) < 4.78 is 0. The summed E-state index contributed by atoms with van der Waals surface area (Å²) in [4.78, 5) is 36.3. The molecule has 1 fully saturated rings. The van der Waals surface area contributed by atoms with Gasteiger partial charge in [-0.2, -0.15) is 0 Å². The maximum Gasteiger partial charge on any atom is 0.238 e. The van der Waals surface area contributed by atoms with Crippen LogP contribution < -0.4 is 10.2 Å². The Morgan fingerprint density at radius 3 is 2.81 bits per heavy atom. The molecule has 7 heteroatoms. The first kappa shape index (κ1) is 18.0. The van der Waals surface area contributed by atoms with E-state index in [2.05, 4.69) is 20.2 Å². The summed E-state index contributed by atoms with van der Waals surface area (Å²) in [6, 6.07) is 7.29. The minimum atomic E-state index is -0.0927. The number of ketones is 1. The van der Waals surface area contributed by atoms with Crippen LogP contribution in [0.4, 0.5) is 11.5 Å². The Hall–Kier alpha value is -2.80. The zero-order valence-corrected chi connectivity index (χ0v) is 15.3. The lowest BCUT2D eigenvalue weighted by molar-refractivity contribution is -0.117. The van der Waals surface area contributed by atoms with Gasteiger partial charge < -0.3 is 10.2 Å². The molecule has 2 heterocycles. The van der Waals surface area contributed by atoms with Crippen molar-refractivity contribution in [1.82, 2.24) is 14.9 Å². The molecule has 0 unspecified atom stereocenters. The Bertz CT molecular complexity index is 817. The van der Waals surface area contributed by atoms with Gasteiger partial charge in [0.25, 0.3) is 0 Å². The van der Waals surface area contributed by atoms with Crippen LogP contribution in [-0.2, 0) is 4.79 Å². The molecule has 1 amide bonds. The van der Waals surface area contributed by atoms with E-state index in [1.807, 2.05) is 25.1 Å². The lowest BCUT2D eigenvalue weighted by atomic mass is 10.1. The largest absolute Gasteiger partial charge is 0.353 e. The van der Waals surface area contributed by atoms with E-state index in [1.54, 1.807) is 30.6 Å². The Kier molecular flexibility index (Phi) is 5.27. The second-order valence-corrected chi connectivity index (χ2v) is 6.69. The molecule has 2 aromatic rings. The fourth-order valence-electron chi connectivity index (χ4n) is 3.00. The highest BCUT2D eigenvalue weighted by Crippen LogP contribution is 2.23. The molecule has 0 aliphatic carbocycles. The predicted octanol–water partition coefficient (Wildman–Crippen LogP) is 1.75. The van der Waals surface area contributed by atoms with Crippen molar-refractivity contribution in [2.45, 2.75) is 19.9 Å². The first-order valence-electron chi connectivity index (χ1n) is 8.56. The molecule has 1 saturated heterocycles. The van der Waals surface area contributed by atoms with E-state index < -0.39 is 0 Å². The van der Waals surface area contributed by atoms with Crippen LogP contribution in [0.3, 0.4) is 0 Å². The van der Waals surface area contributed by atoms with Crippen molar-refractivity contribution >= 4 is 23.2 Å². The Labute approximate surface area is 153 Å². The van der Waals surface area contributed by atoms with Crippen molar-refractivity contribution in [2.24, 2.45) is 0 Å². The SMILES string of the molecule is CC(=O)c1cccc(NC(=O)CN(C)C2CN(c3ncncc3C)C2)c1. The Morgan fingerprint density at radius 1 is 1.35 bits per heavy atom. The molecule has 0 radical (unpaired) electrons. The van der Waals surface area contributed by atoms with E-state index in [4.69, 9.17) is 0 Å². The van der Waals surface area contributed by atoms with Crippen molar-refractivity contribution in [1.29, 1.82) is 0 Å². The number of hydrogen-bond acceptors (Lipinski definition) is 6. The number of amides is 1. The van der Waals surface area contributed by atoms with Gasteiger partial charge >= 0.3 is 0 Å². The van der Waals surface area contributed by atoms with Crippen molar-refractivity contribution in [3.8, 4) is 0 Å². The fourth-order valence-corrected chi connectivity index (χ4v) is 3.00. The lowest BCUT2D eigenvalue weighted by Crippen LogP contribution is -2.60. The monoisotopic (exact) mass is 353 g/mol. The summed E-state index contributed by atoms with van der Waals surface area (Å²) in [6.07, 6.45) is 3.37. The summed E-state index contributed by atoms with van der Waals surface area (Å²) in [5.74, 6) is 0.841. The van der Waals surface area contributed by atoms with Crippen LogP contribution in [0.25, 0.3) is 0 Å². The van der Waals surface area contributed by atoms with E-state index in [1.165, 1.54) is 6.92 Å². The second kappa shape index (κ2) is 7.61. The summed E-state index contributed by atoms with van der Waals surface area (Å²) >= 11 is 0. The number of benzene rings is 1. The maximum absolute atomic E-state index is 12.3. The predicted molar refractivity (Wildman–Crippen MR) is 100 cm³/mol. The van der Waals surface area contributed by atoms with Gasteiger partial charge in [0.1, 0.15) is 12.1 Å². The highest BCUT2D eigenvalue weighted by molar-refractivity contribution is 5.97. The zero-order chi connectivity index (χ0) is 18.7. The molecule has 0 spiro atoms. The number of Topliss-reactive ketones (excluding diaryl/α,β-unsaturated/α-hetero) is 1. The van der Waals surface area contributed by atoms with Gasteiger partial charge in [-0.15, -0.1) is 0 Å². The molecule has 1 aliphatic heterocycles. The Balaban J connectivity index is 1.50. The number of carbonyl (C=O) groups is 2. The number of nitrogens with one attached hydrogen (secondary N) is 1. The number of aryl methyl sites for hydroxylation is 1. The van der Waals surface area contributed by atoms with Crippen LogP contribution in [-0.4, -0.2) is 59.3 Å². The fraction of sp³-hybridized carbons (Fsp3) is 0.368. The summed E-state index contributed by atoms with van der Waals surface area (Å²) in [7, 11) is 1.94. The van der Waals surface area contributed by atoms with Gasteiger partial charge in [0.05, 0.1) is 6.54 Å². The summed E-state index contributed by atoms with van der Waals surface area (Å²) in [5, 5.41) is 2.86. The highest BCUT2D eigenvalue weighted by atomic mass is 16.2. The van der Waals surface area contributed by atoms with Crippen LogP contribution in [0.2, 0.25) is 0 Å². The van der Waals surface area contributed by atoms with Gasteiger partial charge in [-0.1, -0.05) is 12.1 Å². The molecule has 7 nitrogen and oxygen atoms in total. The van der Waals surface area contributed by atoms with E-state index >= 15 is 0 Å². The second-order valence-electron chi connectivity index (χ2n) is 6.69. The van der Waals surface area contributed by atoms with E-state index in [0.29, 0.717) is 23.8 Å². The minimum absolute atomic E-state index is 0.0206. The number of aromatic nitrogens is 2. The molecule has 1 aromatic heterocycles. The molecular formula is C19H23N5O2. The normalized spacial score (nSPS) is 14.2. The number of anilines is 2. The number of hydrogen-bond donors (Lipinski definition) is 1. The topological polar surface area (TPSA) is 78.4 Å². The van der Waals surface area contributed by atoms with Crippen LogP contribution in [0.1, 0.15) is 22.8 Å². The first-order valence-corrected chi connectivity index (χ1v) is 8.56. The third-order valence-electron chi connectivity index (χ3n) is 4.60. The van der Waals surface area contributed by atoms with Crippen molar-refractivity contribution in [3.63, 3.8) is 0 Å². The molecule has 1 aromatic carbocycles.